The Bertz CT molecular complexity index is 3850. The van der Waals surface area contributed by atoms with Crippen LogP contribution in [0.1, 0.15) is 91.4 Å². The zero-order chi connectivity index (χ0) is 63.0. The first-order valence-corrected chi connectivity index (χ1v) is 27.7. The minimum absolute atomic E-state index is 0. The predicted octanol–water partition coefficient (Wildman–Crippen LogP) is 5.30. The van der Waals surface area contributed by atoms with Gasteiger partial charge in [-0.2, -0.15) is 20.4 Å². The van der Waals surface area contributed by atoms with E-state index in [-0.39, 0.29) is 53.5 Å². The Hall–Kier alpha value is -8.96. The molecule has 2 fully saturated rings. The van der Waals surface area contributed by atoms with Crippen LogP contribution in [0.5, 0.6) is 5.75 Å². The maximum Gasteiger partial charge on any atom is 1.00 e. The average molecular weight is 1230 g/mol. The van der Waals surface area contributed by atoms with Crippen molar-refractivity contribution < 1.29 is 86.9 Å². The topological polar surface area (TPSA) is 338 Å². The van der Waals surface area contributed by atoms with E-state index in [0.29, 0.717) is 49.1 Å². The van der Waals surface area contributed by atoms with Gasteiger partial charge in [0.05, 0.1) is 30.3 Å². The maximum absolute atomic E-state index is 14.5. The normalized spacial score (nSPS) is 14.2. The number of methoxy groups -OCH3 is 1. The summed E-state index contributed by atoms with van der Waals surface area (Å²) in [6, 6.07) is 29.1. The van der Waals surface area contributed by atoms with Crippen LogP contribution in [0.25, 0.3) is 67.1 Å². The number of piperidine rings is 2. The average Bonchev–Trinajstić information content (AvgIpc) is 2.74. The summed E-state index contributed by atoms with van der Waals surface area (Å²) in [6.45, 7) is 7.42. The number of carboxylic acid groups (broad SMARTS) is 1. The van der Waals surface area contributed by atoms with E-state index < -0.39 is 23.7 Å². The molecule has 0 unspecified atom stereocenters. The molecule has 2 aliphatic rings. The van der Waals surface area contributed by atoms with E-state index in [9.17, 15) is 23.2 Å². The smallest absolute Gasteiger partial charge is 0.702 e. The van der Waals surface area contributed by atoms with Crippen LogP contribution in [0.2, 0.25) is 0 Å². The van der Waals surface area contributed by atoms with Gasteiger partial charge < -0.3 is 34.7 Å². The monoisotopic (exact) mass is 1230 g/mol. The Kier molecular flexibility index (Phi) is 27.3. The van der Waals surface area contributed by atoms with Gasteiger partial charge in [0, 0.05) is 123 Å². The second-order valence-electron chi connectivity index (χ2n) is 19.7. The first kappa shape index (κ1) is 69.1. The van der Waals surface area contributed by atoms with Crippen molar-refractivity contribution in [3.05, 3.63) is 162 Å². The van der Waals surface area contributed by atoms with Crippen molar-refractivity contribution in [1.29, 1.82) is 0 Å². The van der Waals surface area contributed by atoms with E-state index in [4.69, 9.17) is 34.8 Å². The molecule has 10 aromatic rings. The third kappa shape index (κ3) is 19.5. The molecule has 458 valence electrons. The minimum atomic E-state index is -0.833. The van der Waals surface area contributed by atoms with E-state index >= 15 is 0 Å². The molecule has 0 aliphatic carbocycles. The number of carbonyl (C=O) groups excluding carboxylic acids is 3. The summed E-state index contributed by atoms with van der Waals surface area (Å²) in [5.41, 5.74) is 8.53. The molecule has 0 spiro atoms. The van der Waals surface area contributed by atoms with Gasteiger partial charge in [0.2, 0.25) is 0 Å². The van der Waals surface area contributed by atoms with E-state index in [1.165, 1.54) is 44.5 Å². The van der Waals surface area contributed by atoms with E-state index in [2.05, 4.69) is 82.4 Å². The summed E-state index contributed by atoms with van der Waals surface area (Å²) in [5, 5.41) is 59.0. The number of halogens is 2. The molecule has 28 heteroatoms. The number of nitrogens with one attached hydrogen (secondary N) is 5. The number of aliphatic hydroxyl groups is 2. The Morgan fingerprint density at radius 1 is 0.685 bits per heavy atom. The number of hydrogen-bond donors (Lipinski definition) is 8. The van der Waals surface area contributed by atoms with E-state index in [1.807, 2.05) is 48.5 Å². The molecule has 2 atom stereocenters. The first-order valence-electron chi connectivity index (χ1n) is 27.7. The van der Waals surface area contributed by atoms with E-state index in [1.54, 1.807) is 44.0 Å². The van der Waals surface area contributed by atoms with Crippen molar-refractivity contribution >= 4 is 53.7 Å². The number of nitrogens with zero attached hydrogens (tertiary/aromatic N) is 9. The molecule has 2 aliphatic heterocycles. The van der Waals surface area contributed by atoms with Crippen molar-refractivity contribution in [2.75, 3.05) is 40.4 Å². The number of rotatable bonds is 13. The standard InChI is InChI=1S/C27H26FN7O.C19H19N7.C8H7FO2.C4H6BO4.C2H4O2.CH4O.Na/c1-36-24-6-2-5-22(28)21(24)16-35-13-3-4-19(15-35)27-30-26(33-34-27)18-7-8-23-20(14-18)25(32-31-23)17-9-11-29-12-10-17;1-2-14(11-21-7-1)19-22-18(25-26-19)13-3-4-16-15(10-13)17(24-23-16)12-5-8-20-9-6-12;9-8-3-1-2-6(4-10)7(8)5-11;1-3(6)8-5-9-4(2)7;1-2(3)4;1-2;/h2,5-12,14,19H,3-4,13,15-16H2,1H3,(H,31,32)(H,30,33,34);3-6,8-10,14,21H,1-2,7,11H2,(H,23,24)(H,22,25,26);1-3,5,10H,4H2;1-2H3;1H3,(H,3,4);2H,1H3;/q;;;-1;;;+1/t19-;14-;;;;;/m11...../s1. The number of ether oxygens (including phenoxy) is 1. The van der Waals surface area contributed by atoms with E-state index in [0.717, 1.165) is 132 Å². The molecule has 0 bridgehead atoms. The fourth-order valence-electron chi connectivity index (χ4n) is 9.56. The van der Waals surface area contributed by atoms with Crippen molar-refractivity contribution in [3.63, 3.8) is 0 Å². The maximum atomic E-state index is 14.5. The second-order valence-corrected chi connectivity index (χ2v) is 19.7. The third-order valence-corrected chi connectivity index (χ3v) is 13.7. The fourth-order valence-corrected chi connectivity index (χ4v) is 9.56. The van der Waals surface area contributed by atoms with Crippen LogP contribution < -0.4 is 39.6 Å². The molecule has 0 saturated carbocycles. The van der Waals surface area contributed by atoms with Crippen LogP contribution in [-0.2, 0) is 36.8 Å². The number of aliphatic carboxylic acids is 1. The van der Waals surface area contributed by atoms with Gasteiger partial charge in [-0.1, -0.05) is 18.2 Å². The van der Waals surface area contributed by atoms with Crippen LogP contribution in [-0.4, -0.2) is 153 Å². The van der Waals surface area contributed by atoms with Crippen molar-refractivity contribution in [1.82, 2.24) is 70.9 Å². The molecular weight excluding hydrogens is 1160 g/mol. The number of aliphatic hydroxyl groups excluding tert-OH is 2. The Morgan fingerprint density at radius 2 is 1.20 bits per heavy atom. The van der Waals surface area contributed by atoms with Gasteiger partial charge in [-0.3, -0.25) is 54.4 Å². The number of hydrogen-bond acceptors (Lipinski definition) is 19. The summed E-state index contributed by atoms with van der Waals surface area (Å²) in [5.74, 6) is 1.71. The number of aldehydes is 1. The number of aromatic amines is 4. The molecule has 4 aromatic carbocycles. The van der Waals surface area contributed by atoms with Crippen molar-refractivity contribution in [3.8, 4) is 51.0 Å². The number of H-pyrrole nitrogens is 4. The molecular formula is C61H66BF2N14NaO10. The van der Waals surface area contributed by atoms with Gasteiger partial charge in [0.15, 0.2) is 17.9 Å². The minimum Gasteiger partial charge on any atom is -0.702 e. The number of carbonyl (C=O) groups is 4. The van der Waals surface area contributed by atoms with Gasteiger partial charge in [-0.05, 0) is 123 Å². The van der Waals surface area contributed by atoms with Crippen molar-refractivity contribution in [2.24, 2.45) is 0 Å². The molecule has 6 aromatic heterocycles. The van der Waals surface area contributed by atoms with Gasteiger partial charge in [-0.15, -0.1) is 0 Å². The molecule has 2 saturated heterocycles. The summed E-state index contributed by atoms with van der Waals surface area (Å²) < 4.78 is 40.9. The SMILES string of the molecule is CC(=O)O.CC(=O)O[B-]OC(C)=O.CO.COc1cccc(F)c1CN1CCC[C@@H](c2nc(-c3ccc4[nH]nc(-c5ccncc5)c4c3)n[nH]2)C1.O=Cc1c(F)cccc1CO.[Na+].c1cc(-c2n[nH]c3ccc(-c4n[nH]c([C@@H]5CCCNC5)n4)cc23)ccn1. The number of fused-ring (bicyclic) bond motifs is 2. The molecule has 8 heterocycles. The summed E-state index contributed by atoms with van der Waals surface area (Å²) in [7, 11) is 3.28. The molecule has 2 radical (unpaired) electrons. The molecule has 24 nitrogen and oxygen atoms in total. The number of carboxylic acids is 1. The van der Waals surface area contributed by atoms with Crippen LogP contribution >= 0.6 is 0 Å². The Morgan fingerprint density at radius 3 is 1.69 bits per heavy atom. The van der Waals surface area contributed by atoms with Gasteiger partial charge in [0.25, 0.3) is 17.9 Å². The van der Waals surface area contributed by atoms with Crippen LogP contribution in [0.15, 0.2) is 122 Å². The largest absolute Gasteiger partial charge is 1.00 e. The zero-order valence-electron chi connectivity index (χ0n) is 49.9. The first-order chi connectivity index (χ1) is 42.7. The molecule has 89 heavy (non-hydrogen) atoms. The Labute approximate surface area is 533 Å². The summed E-state index contributed by atoms with van der Waals surface area (Å²) in [4.78, 5) is 59.3. The molecule has 8 N–H and O–H groups in total. The van der Waals surface area contributed by atoms with Crippen LogP contribution in [0.3, 0.4) is 0 Å². The predicted molar refractivity (Wildman–Crippen MR) is 323 cm³/mol. The number of likely N-dealkylation sites (tertiary alicyclic amines) is 1. The number of aromatic nitrogens is 12. The summed E-state index contributed by atoms with van der Waals surface area (Å²) >= 11 is 0. The third-order valence-electron chi connectivity index (χ3n) is 13.7. The number of benzene rings is 4. The fraction of sp³-hybridized carbons (Fsp3) is 0.279. The zero-order valence-corrected chi connectivity index (χ0v) is 51.9. The van der Waals surface area contributed by atoms with Crippen LogP contribution in [0, 0.1) is 11.6 Å². The quantitative estimate of drug-likeness (QED) is 0.0536. The van der Waals surface area contributed by atoms with Gasteiger partial charge >= 0.3 is 29.6 Å². The summed E-state index contributed by atoms with van der Waals surface area (Å²) in [6.07, 6.45) is 11.8. The van der Waals surface area contributed by atoms with Crippen LogP contribution in [0.4, 0.5) is 8.78 Å². The molecule has 12 rings (SSSR count). The Balaban J connectivity index is 0.000000206. The van der Waals surface area contributed by atoms with Gasteiger partial charge in [-0.25, -0.2) is 18.7 Å². The van der Waals surface area contributed by atoms with Gasteiger partial charge in [0.1, 0.15) is 48.1 Å². The second kappa shape index (κ2) is 35.1. The number of pyridine rings is 2. The van der Waals surface area contributed by atoms with Crippen molar-refractivity contribution in [2.45, 2.75) is 71.4 Å². The molecule has 0 amide bonds.